The van der Waals surface area contributed by atoms with Gasteiger partial charge in [-0.25, -0.2) is 9.59 Å². The van der Waals surface area contributed by atoms with E-state index in [1.807, 2.05) is 30.3 Å². The van der Waals surface area contributed by atoms with Crippen molar-refractivity contribution in [3.8, 4) is 0 Å². The van der Waals surface area contributed by atoms with Crippen molar-refractivity contribution in [3.63, 3.8) is 0 Å². The van der Waals surface area contributed by atoms with Crippen molar-refractivity contribution in [1.29, 1.82) is 0 Å². The van der Waals surface area contributed by atoms with Gasteiger partial charge >= 0.3 is 11.9 Å². The van der Waals surface area contributed by atoms with E-state index in [0.717, 1.165) is 10.5 Å². The van der Waals surface area contributed by atoms with Gasteiger partial charge in [-0.2, -0.15) is 0 Å². The van der Waals surface area contributed by atoms with Gasteiger partial charge in [0, 0.05) is 6.42 Å². The van der Waals surface area contributed by atoms with Crippen LogP contribution in [-0.2, 0) is 20.8 Å². The Bertz CT molecular complexity index is 984. The van der Waals surface area contributed by atoms with Crippen molar-refractivity contribution >= 4 is 23.8 Å². The number of fused-ring (bicyclic) bond motifs is 1. The van der Waals surface area contributed by atoms with Gasteiger partial charge in [0.25, 0.3) is 11.8 Å². The number of benzene rings is 2. The van der Waals surface area contributed by atoms with Crippen LogP contribution in [0.1, 0.15) is 50.0 Å². The number of hydrogen-bond donors (Lipinski definition) is 0. The summed E-state index contributed by atoms with van der Waals surface area (Å²) in [6.07, 6.45) is -0.976. The van der Waals surface area contributed by atoms with E-state index >= 15 is 0 Å². The van der Waals surface area contributed by atoms with Crippen LogP contribution in [0.4, 0.5) is 0 Å². The summed E-state index contributed by atoms with van der Waals surface area (Å²) in [6, 6.07) is 13.4. The van der Waals surface area contributed by atoms with Crippen molar-refractivity contribution in [1.82, 2.24) is 4.90 Å². The number of esters is 2. The molecule has 2 atom stereocenters. The predicted molar refractivity (Wildman–Crippen MR) is 96.5 cm³/mol. The number of amides is 2. The lowest BCUT2D eigenvalue weighted by Crippen LogP contribution is -2.29. The van der Waals surface area contributed by atoms with Crippen molar-refractivity contribution < 1.29 is 28.7 Å². The second kappa shape index (κ2) is 6.92. The van der Waals surface area contributed by atoms with E-state index in [1.165, 1.54) is 18.2 Å². The van der Waals surface area contributed by atoms with Gasteiger partial charge in [-0.3, -0.25) is 14.5 Å². The van der Waals surface area contributed by atoms with Crippen molar-refractivity contribution in [2.24, 2.45) is 0 Å². The van der Waals surface area contributed by atoms with Gasteiger partial charge in [-0.05, 0) is 30.7 Å². The van der Waals surface area contributed by atoms with Gasteiger partial charge in [-0.15, -0.1) is 0 Å². The van der Waals surface area contributed by atoms with Gasteiger partial charge in [0.05, 0.1) is 23.2 Å². The molecule has 0 saturated carbocycles. The average Bonchev–Trinajstić information content (AvgIpc) is 3.13. The van der Waals surface area contributed by atoms with Gasteiger partial charge < -0.3 is 9.47 Å². The number of rotatable bonds is 4. The number of ether oxygens (including phenoxy) is 2. The second-order valence-corrected chi connectivity index (χ2v) is 6.82. The fraction of sp³-hybridized carbons (Fsp3) is 0.238. The molecule has 7 heteroatoms. The molecule has 1 saturated heterocycles. The third-order valence-corrected chi connectivity index (χ3v) is 4.77. The summed E-state index contributed by atoms with van der Waals surface area (Å²) in [5.74, 6) is -2.19. The first-order valence-electron chi connectivity index (χ1n) is 8.89. The fourth-order valence-electron chi connectivity index (χ4n) is 3.34. The number of carbonyl (C=O) groups excluding carboxylic acids is 4. The fourth-order valence-corrected chi connectivity index (χ4v) is 3.34. The standard InChI is InChI=1S/C21H17NO6/c1-12-9-17(21(26)27-12)28-20(25)14-7-8-15-16(10-14)19(24)22(18(15)23)11-13-5-3-2-4-6-13/h2-8,10,12,17H,9,11H2,1H3. The Morgan fingerprint density at radius 1 is 1.07 bits per heavy atom. The lowest BCUT2D eigenvalue weighted by Gasteiger charge is -2.13. The van der Waals surface area contributed by atoms with Gasteiger partial charge in [-0.1, -0.05) is 30.3 Å². The van der Waals surface area contributed by atoms with Gasteiger partial charge in [0.2, 0.25) is 6.10 Å². The molecular weight excluding hydrogens is 362 g/mol. The highest BCUT2D eigenvalue weighted by Crippen LogP contribution is 2.26. The normalized spacial score (nSPS) is 20.9. The maximum absolute atomic E-state index is 12.7. The molecular formula is C21H17NO6. The Morgan fingerprint density at radius 2 is 1.79 bits per heavy atom. The Hall–Kier alpha value is -3.48. The van der Waals surface area contributed by atoms with Crippen LogP contribution in [0.3, 0.4) is 0 Å². The molecule has 2 unspecified atom stereocenters. The minimum atomic E-state index is -0.956. The Labute approximate surface area is 160 Å². The summed E-state index contributed by atoms with van der Waals surface area (Å²) in [5.41, 5.74) is 1.32. The third-order valence-electron chi connectivity index (χ3n) is 4.77. The molecule has 0 N–H and O–H groups in total. The molecule has 2 aromatic rings. The molecule has 2 aliphatic rings. The first-order chi connectivity index (χ1) is 13.4. The van der Waals surface area contributed by atoms with E-state index < -0.39 is 29.9 Å². The van der Waals surface area contributed by atoms with Gasteiger partial charge in [0.1, 0.15) is 6.10 Å². The minimum Gasteiger partial charge on any atom is -0.460 e. The van der Waals surface area contributed by atoms with Crippen LogP contribution in [0.5, 0.6) is 0 Å². The molecule has 142 valence electrons. The molecule has 0 aliphatic carbocycles. The maximum atomic E-state index is 12.7. The molecule has 4 rings (SSSR count). The summed E-state index contributed by atoms with van der Waals surface area (Å²) in [6.45, 7) is 1.87. The van der Waals surface area contributed by atoms with Crippen molar-refractivity contribution in [3.05, 3.63) is 70.8 Å². The third kappa shape index (κ3) is 3.15. The molecule has 1 fully saturated rings. The lowest BCUT2D eigenvalue weighted by atomic mass is 10.1. The smallest absolute Gasteiger partial charge is 0.347 e. The van der Waals surface area contributed by atoms with Crippen LogP contribution < -0.4 is 0 Å². The second-order valence-electron chi connectivity index (χ2n) is 6.82. The average molecular weight is 379 g/mol. The Balaban J connectivity index is 1.53. The van der Waals surface area contributed by atoms with E-state index in [0.29, 0.717) is 0 Å². The molecule has 2 aromatic carbocycles. The van der Waals surface area contributed by atoms with Gasteiger partial charge in [0.15, 0.2) is 0 Å². The molecule has 28 heavy (non-hydrogen) atoms. The largest absolute Gasteiger partial charge is 0.460 e. The van der Waals surface area contributed by atoms with Crippen LogP contribution >= 0.6 is 0 Å². The molecule has 2 heterocycles. The highest BCUT2D eigenvalue weighted by molar-refractivity contribution is 6.21. The topological polar surface area (TPSA) is 90.0 Å². The number of cyclic esters (lactones) is 1. The van der Waals surface area contributed by atoms with Crippen LogP contribution in [-0.4, -0.2) is 40.9 Å². The molecule has 2 amide bonds. The zero-order chi connectivity index (χ0) is 19.8. The van der Waals surface area contributed by atoms with E-state index in [2.05, 4.69) is 0 Å². The van der Waals surface area contributed by atoms with E-state index in [1.54, 1.807) is 6.92 Å². The molecule has 0 radical (unpaired) electrons. The summed E-state index contributed by atoms with van der Waals surface area (Å²) < 4.78 is 10.2. The van der Waals surface area contributed by atoms with Crippen LogP contribution in [0.2, 0.25) is 0 Å². The molecule has 2 aliphatic heterocycles. The Kier molecular flexibility index (Phi) is 4.43. The number of carbonyl (C=O) groups is 4. The van der Waals surface area contributed by atoms with Crippen molar-refractivity contribution in [2.75, 3.05) is 0 Å². The monoisotopic (exact) mass is 379 g/mol. The molecule has 0 bridgehead atoms. The summed E-state index contributed by atoms with van der Waals surface area (Å²) in [7, 11) is 0. The number of hydrogen-bond acceptors (Lipinski definition) is 6. The quantitative estimate of drug-likeness (QED) is 0.598. The van der Waals surface area contributed by atoms with Crippen LogP contribution in [0.25, 0.3) is 0 Å². The predicted octanol–water partition coefficient (Wildman–Crippen LogP) is 2.34. The first-order valence-corrected chi connectivity index (χ1v) is 8.89. The molecule has 7 nitrogen and oxygen atoms in total. The first kappa shape index (κ1) is 17.9. The zero-order valence-corrected chi connectivity index (χ0v) is 15.1. The van der Waals surface area contributed by atoms with E-state index in [-0.39, 0.29) is 35.8 Å². The van der Waals surface area contributed by atoms with E-state index in [4.69, 9.17) is 9.47 Å². The van der Waals surface area contributed by atoms with Crippen LogP contribution in [0.15, 0.2) is 48.5 Å². The molecule has 0 aromatic heterocycles. The molecule has 0 spiro atoms. The van der Waals surface area contributed by atoms with Crippen molar-refractivity contribution in [2.45, 2.75) is 32.1 Å². The number of imide groups is 1. The summed E-state index contributed by atoms with van der Waals surface area (Å²) in [5, 5.41) is 0. The SMILES string of the molecule is CC1CC(OC(=O)c2ccc3c(c2)C(=O)N(Cc2ccccc2)C3=O)C(=O)O1. The highest BCUT2D eigenvalue weighted by Gasteiger charge is 2.38. The summed E-state index contributed by atoms with van der Waals surface area (Å²) >= 11 is 0. The minimum absolute atomic E-state index is 0.105. The zero-order valence-electron chi connectivity index (χ0n) is 15.1. The lowest BCUT2D eigenvalue weighted by molar-refractivity contribution is -0.147. The maximum Gasteiger partial charge on any atom is 0.347 e. The Morgan fingerprint density at radius 3 is 2.46 bits per heavy atom. The number of nitrogens with zero attached hydrogens (tertiary/aromatic N) is 1. The highest BCUT2D eigenvalue weighted by atomic mass is 16.6. The van der Waals surface area contributed by atoms with Crippen LogP contribution in [0, 0.1) is 0 Å². The van der Waals surface area contributed by atoms with E-state index in [9.17, 15) is 19.2 Å². The summed E-state index contributed by atoms with van der Waals surface area (Å²) in [4.78, 5) is 50.4.